The van der Waals surface area contributed by atoms with Gasteiger partial charge in [-0.2, -0.15) is 0 Å². The van der Waals surface area contributed by atoms with Gasteiger partial charge in [0.1, 0.15) is 5.69 Å². The molecule has 0 aromatic heterocycles. The second kappa shape index (κ2) is 5.11. The van der Waals surface area contributed by atoms with Crippen LogP contribution in [0, 0.1) is 10.1 Å². The van der Waals surface area contributed by atoms with E-state index in [1.807, 2.05) is 0 Å². The highest BCUT2D eigenvalue weighted by molar-refractivity contribution is 5.62. The minimum atomic E-state index is -0.426. The first kappa shape index (κ1) is 11.2. The molecule has 0 fully saturated rings. The minimum absolute atomic E-state index is 0.0415. The van der Waals surface area contributed by atoms with Crippen LogP contribution in [-0.2, 0) is 6.54 Å². The second-order valence-electron chi connectivity index (χ2n) is 2.98. The fourth-order valence-corrected chi connectivity index (χ4v) is 1.19. The Labute approximate surface area is 87.7 Å². The van der Waals surface area contributed by atoms with Gasteiger partial charge in [0.15, 0.2) is 0 Å². The molecule has 5 nitrogen and oxygen atoms in total. The number of anilines is 1. The normalized spacial score (nSPS) is 9.67. The Kier molecular flexibility index (Phi) is 3.82. The molecule has 0 aliphatic heterocycles. The van der Waals surface area contributed by atoms with E-state index < -0.39 is 4.92 Å². The van der Waals surface area contributed by atoms with Crippen molar-refractivity contribution in [3.05, 3.63) is 46.5 Å². The van der Waals surface area contributed by atoms with Gasteiger partial charge in [-0.1, -0.05) is 12.1 Å². The molecule has 0 aliphatic carbocycles. The van der Waals surface area contributed by atoms with Gasteiger partial charge in [0.2, 0.25) is 0 Å². The number of nitrogens with zero attached hydrogens (tertiary/aromatic N) is 1. The summed E-state index contributed by atoms with van der Waals surface area (Å²) in [4.78, 5) is 10.3. The lowest BCUT2D eigenvalue weighted by atomic mass is 10.1. The Morgan fingerprint density at radius 1 is 1.60 bits per heavy atom. The van der Waals surface area contributed by atoms with Gasteiger partial charge in [0, 0.05) is 19.2 Å². The molecular formula is C10H13N3O2. The number of nitrogens with one attached hydrogen (secondary N) is 1. The maximum atomic E-state index is 10.8. The van der Waals surface area contributed by atoms with Crippen LogP contribution in [-0.4, -0.2) is 11.5 Å². The van der Waals surface area contributed by atoms with Crippen LogP contribution in [0.3, 0.4) is 0 Å². The molecule has 1 rings (SSSR count). The Bertz CT molecular complexity index is 377. The van der Waals surface area contributed by atoms with Crippen molar-refractivity contribution < 1.29 is 4.92 Å². The number of hydrogen-bond donors (Lipinski definition) is 2. The summed E-state index contributed by atoms with van der Waals surface area (Å²) in [7, 11) is 0. The molecule has 80 valence electrons. The lowest BCUT2D eigenvalue weighted by Crippen LogP contribution is -2.04. The third kappa shape index (κ3) is 2.78. The van der Waals surface area contributed by atoms with E-state index in [0.717, 1.165) is 5.56 Å². The minimum Gasteiger partial charge on any atom is -0.376 e. The molecular weight excluding hydrogens is 194 g/mol. The fraction of sp³-hybridized carbons (Fsp3) is 0.200. The monoisotopic (exact) mass is 207 g/mol. The summed E-state index contributed by atoms with van der Waals surface area (Å²) in [5.74, 6) is 0. The summed E-state index contributed by atoms with van der Waals surface area (Å²) in [6.07, 6.45) is 1.64. The Hall–Kier alpha value is -1.88. The summed E-state index contributed by atoms with van der Waals surface area (Å²) >= 11 is 0. The van der Waals surface area contributed by atoms with Crippen molar-refractivity contribution in [1.82, 2.24) is 0 Å². The molecule has 0 aliphatic rings. The molecule has 15 heavy (non-hydrogen) atoms. The zero-order valence-corrected chi connectivity index (χ0v) is 8.27. The van der Waals surface area contributed by atoms with Crippen LogP contribution in [0.5, 0.6) is 0 Å². The van der Waals surface area contributed by atoms with Crippen LogP contribution in [0.2, 0.25) is 0 Å². The number of nitro benzene ring substituents is 1. The summed E-state index contributed by atoms with van der Waals surface area (Å²) in [5, 5.41) is 13.6. The van der Waals surface area contributed by atoms with Crippen molar-refractivity contribution in [2.45, 2.75) is 6.54 Å². The number of hydrogen-bond acceptors (Lipinski definition) is 4. The Morgan fingerprint density at radius 2 is 2.33 bits per heavy atom. The molecule has 0 amide bonds. The van der Waals surface area contributed by atoms with Crippen molar-refractivity contribution in [3.8, 4) is 0 Å². The van der Waals surface area contributed by atoms with Gasteiger partial charge in [0.05, 0.1) is 4.92 Å². The van der Waals surface area contributed by atoms with Crippen LogP contribution in [0.4, 0.5) is 11.4 Å². The molecule has 0 heterocycles. The topological polar surface area (TPSA) is 81.2 Å². The first-order valence-electron chi connectivity index (χ1n) is 4.51. The molecule has 0 bridgehead atoms. The van der Waals surface area contributed by atoms with E-state index in [2.05, 4.69) is 11.9 Å². The van der Waals surface area contributed by atoms with Crippen LogP contribution in [0.25, 0.3) is 0 Å². The van der Waals surface area contributed by atoms with Gasteiger partial charge in [-0.25, -0.2) is 0 Å². The van der Waals surface area contributed by atoms with E-state index in [1.165, 1.54) is 6.07 Å². The summed E-state index contributed by atoms with van der Waals surface area (Å²) in [6.45, 7) is 4.31. The van der Waals surface area contributed by atoms with E-state index in [1.54, 1.807) is 18.2 Å². The molecule has 0 radical (unpaired) electrons. The molecule has 0 spiro atoms. The maximum Gasteiger partial charge on any atom is 0.292 e. The number of benzene rings is 1. The van der Waals surface area contributed by atoms with Gasteiger partial charge >= 0.3 is 0 Å². The summed E-state index contributed by atoms with van der Waals surface area (Å²) in [6, 6.07) is 4.90. The molecule has 0 atom stereocenters. The zero-order valence-electron chi connectivity index (χ0n) is 8.27. The molecule has 0 saturated carbocycles. The number of nitro groups is 1. The Balaban J connectivity index is 3.03. The van der Waals surface area contributed by atoms with Crippen LogP contribution in [0.15, 0.2) is 30.9 Å². The quantitative estimate of drug-likeness (QED) is 0.437. The average Bonchev–Trinajstić information content (AvgIpc) is 2.26. The van der Waals surface area contributed by atoms with Gasteiger partial charge < -0.3 is 11.1 Å². The first-order chi connectivity index (χ1) is 7.19. The van der Waals surface area contributed by atoms with E-state index in [9.17, 15) is 10.1 Å². The Morgan fingerprint density at radius 3 is 2.87 bits per heavy atom. The molecule has 1 aromatic carbocycles. The van der Waals surface area contributed by atoms with Crippen molar-refractivity contribution in [2.24, 2.45) is 5.73 Å². The lowest BCUT2D eigenvalue weighted by molar-refractivity contribution is -0.384. The van der Waals surface area contributed by atoms with Crippen LogP contribution < -0.4 is 11.1 Å². The number of nitrogens with two attached hydrogens (primary N) is 1. The van der Waals surface area contributed by atoms with E-state index in [-0.39, 0.29) is 5.69 Å². The van der Waals surface area contributed by atoms with Gasteiger partial charge in [0.25, 0.3) is 5.69 Å². The third-order valence-corrected chi connectivity index (χ3v) is 1.93. The fourth-order valence-electron chi connectivity index (χ4n) is 1.19. The average molecular weight is 207 g/mol. The van der Waals surface area contributed by atoms with Crippen LogP contribution in [0.1, 0.15) is 5.56 Å². The van der Waals surface area contributed by atoms with E-state index >= 15 is 0 Å². The highest BCUT2D eigenvalue weighted by atomic mass is 16.6. The number of rotatable bonds is 5. The van der Waals surface area contributed by atoms with Gasteiger partial charge in [-0.05, 0) is 11.6 Å². The van der Waals surface area contributed by atoms with Crippen molar-refractivity contribution in [1.29, 1.82) is 0 Å². The molecule has 5 heteroatoms. The highest BCUT2D eigenvalue weighted by Gasteiger charge is 2.13. The largest absolute Gasteiger partial charge is 0.376 e. The first-order valence-corrected chi connectivity index (χ1v) is 4.51. The van der Waals surface area contributed by atoms with Crippen molar-refractivity contribution in [3.63, 3.8) is 0 Å². The van der Waals surface area contributed by atoms with Crippen molar-refractivity contribution >= 4 is 11.4 Å². The van der Waals surface area contributed by atoms with E-state index in [4.69, 9.17) is 5.73 Å². The predicted molar refractivity (Wildman–Crippen MR) is 59.7 cm³/mol. The van der Waals surface area contributed by atoms with Crippen molar-refractivity contribution in [2.75, 3.05) is 11.9 Å². The standard InChI is InChI=1S/C10H13N3O2/c1-2-5-12-9-4-3-8(7-11)6-10(9)13(14)15/h2-4,6,12H,1,5,7,11H2. The van der Waals surface area contributed by atoms with E-state index in [0.29, 0.717) is 18.8 Å². The smallest absolute Gasteiger partial charge is 0.292 e. The summed E-state index contributed by atoms with van der Waals surface area (Å²) < 4.78 is 0. The molecule has 0 saturated heterocycles. The van der Waals surface area contributed by atoms with Gasteiger partial charge in [-0.15, -0.1) is 6.58 Å². The zero-order chi connectivity index (χ0) is 11.3. The lowest BCUT2D eigenvalue weighted by Gasteiger charge is -2.05. The highest BCUT2D eigenvalue weighted by Crippen LogP contribution is 2.25. The van der Waals surface area contributed by atoms with Crippen LogP contribution >= 0.6 is 0 Å². The van der Waals surface area contributed by atoms with Gasteiger partial charge in [-0.3, -0.25) is 10.1 Å². The molecule has 1 aromatic rings. The SMILES string of the molecule is C=CCNc1ccc(CN)cc1[N+](=O)[O-]. The maximum absolute atomic E-state index is 10.8. The summed E-state index contributed by atoms with van der Waals surface area (Å²) in [5.41, 5.74) is 6.68. The second-order valence-corrected chi connectivity index (χ2v) is 2.98. The predicted octanol–water partition coefficient (Wildman–Crippen LogP) is 1.65. The third-order valence-electron chi connectivity index (χ3n) is 1.93. The molecule has 0 unspecified atom stereocenters. The molecule has 3 N–H and O–H groups in total.